The van der Waals surface area contributed by atoms with E-state index in [1.807, 2.05) is 12.1 Å². The molecule has 3 rings (SSSR count). The van der Waals surface area contributed by atoms with E-state index in [0.717, 1.165) is 5.56 Å². The molecule has 0 amide bonds. The van der Waals surface area contributed by atoms with Crippen molar-refractivity contribution >= 4 is 17.7 Å². The van der Waals surface area contributed by atoms with E-state index in [1.54, 1.807) is 37.3 Å². The highest BCUT2D eigenvalue weighted by molar-refractivity contribution is 6.12. The number of benzene rings is 2. The molecule has 0 saturated carbocycles. The molecule has 0 saturated heterocycles. The number of esters is 1. The molecule has 0 aliphatic carbocycles. The molecular formula is C19H16O6. The maximum absolute atomic E-state index is 12.8. The van der Waals surface area contributed by atoms with Crippen molar-refractivity contribution < 1.29 is 29.0 Å². The van der Waals surface area contributed by atoms with Gasteiger partial charge in [0.05, 0.1) is 11.5 Å². The van der Waals surface area contributed by atoms with Crippen LogP contribution >= 0.6 is 0 Å². The molecule has 1 heterocycles. The Morgan fingerprint density at radius 1 is 1.20 bits per heavy atom. The Labute approximate surface area is 144 Å². The molecule has 0 bridgehead atoms. The smallest absolute Gasteiger partial charge is 0.341 e. The molecule has 2 aromatic rings. The topological polar surface area (TPSA) is 89.9 Å². The van der Waals surface area contributed by atoms with Gasteiger partial charge in [0.2, 0.25) is 0 Å². The van der Waals surface area contributed by atoms with Crippen LogP contribution in [-0.2, 0) is 20.9 Å². The summed E-state index contributed by atoms with van der Waals surface area (Å²) in [6.07, 6.45) is 0. The van der Waals surface area contributed by atoms with Gasteiger partial charge in [-0.2, -0.15) is 0 Å². The summed E-state index contributed by atoms with van der Waals surface area (Å²) in [7, 11) is 0. The van der Waals surface area contributed by atoms with Gasteiger partial charge in [-0.1, -0.05) is 30.3 Å². The van der Waals surface area contributed by atoms with Crippen LogP contribution in [0.25, 0.3) is 0 Å². The fourth-order valence-corrected chi connectivity index (χ4v) is 2.68. The highest BCUT2D eigenvalue weighted by Crippen LogP contribution is 2.31. The molecule has 128 valence electrons. The van der Waals surface area contributed by atoms with E-state index < -0.39 is 24.5 Å². The van der Waals surface area contributed by atoms with E-state index in [2.05, 4.69) is 0 Å². The predicted octanol–water partition coefficient (Wildman–Crippen LogP) is 2.54. The molecule has 1 N–H and O–H groups in total. The number of rotatable bonds is 4. The third-order valence-corrected chi connectivity index (χ3v) is 4.08. The van der Waals surface area contributed by atoms with Crippen LogP contribution in [0.15, 0.2) is 42.5 Å². The number of carbonyl (C=O) groups is 3. The van der Waals surface area contributed by atoms with Crippen molar-refractivity contribution in [2.45, 2.75) is 19.4 Å². The molecule has 6 nitrogen and oxygen atoms in total. The Morgan fingerprint density at radius 2 is 1.96 bits per heavy atom. The number of fused-ring (bicyclic) bond motifs is 2. The summed E-state index contributed by atoms with van der Waals surface area (Å²) in [4.78, 5) is 35.3. The summed E-state index contributed by atoms with van der Waals surface area (Å²) < 4.78 is 10.4. The van der Waals surface area contributed by atoms with Gasteiger partial charge in [0, 0.05) is 11.1 Å². The monoisotopic (exact) mass is 340 g/mol. The standard InChI is InChI=1S/C19H16O6/c1-11(19(23)25-10-17(20)21)12-6-7-16-15(8-12)18(22)14-5-3-2-4-13(14)9-24-16/h2-8,11H,9-10H2,1H3,(H,20,21). The molecule has 1 unspecified atom stereocenters. The second kappa shape index (κ2) is 6.76. The normalized spacial score (nSPS) is 13.7. The van der Waals surface area contributed by atoms with Crippen molar-refractivity contribution in [3.8, 4) is 5.75 Å². The summed E-state index contributed by atoms with van der Waals surface area (Å²) in [6.45, 7) is 1.20. The number of aliphatic carboxylic acids is 1. The molecule has 2 aromatic carbocycles. The van der Waals surface area contributed by atoms with Gasteiger partial charge >= 0.3 is 11.9 Å². The zero-order valence-electron chi connectivity index (χ0n) is 13.5. The molecule has 1 aliphatic heterocycles. The molecule has 0 fully saturated rings. The molecule has 6 heteroatoms. The molecule has 1 atom stereocenters. The Morgan fingerprint density at radius 3 is 2.72 bits per heavy atom. The maximum atomic E-state index is 12.8. The number of hydrogen-bond acceptors (Lipinski definition) is 5. The number of ether oxygens (including phenoxy) is 2. The fourth-order valence-electron chi connectivity index (χ4n) is 2.68. The zero-order valence-corrected chi connectivity index (χ0v) is 13.5. The molecular weight excluding hydrogens is 324 g/mol. The molecule has 25 heavy (non-hydrogen) atoms. The SMILES string of the molecule is CC(C(=O)OCC(=O)O)c1ccc2c(c1)C(=O)c1ccccc1CO2. The van der Waals surface area contributed by atoms with Crippen LogP contribution in [0.1, 0.15) is 39.9 Å². The van der Waals surface area contributed by atoms with E-state index in [0.29, 0.717) is 29.0 Å². The second-order valence-electron chi connectivity index (χ2n) is 5.75. The third-order valence-electron chi connectivity index (χ3n) is 4.08. The van der Waals surface area contributed by atoms with Crippen LogP contribution in [0.3, 0.4) is 0 Å². The van der Waals surface area contributed by atoms with Gasteiger partial charge in [-0.3, -0.25) is 9.59 Å². The van der Waals surface area contributed by atoms with Gasteiger partial charge in [-0.05, 0) is 24.6 Å². The lowest BCUT2D eigenvalue weighted by Crippen LogP contribution is -2.18. The third kappa shape index (κ3) is 3.38. The summed E-state index contributed by atoms with van der Waals surface area (Å²) in [5, 5.41) is 8.59. The maximum Gasteiger partial charge on any atom is 0.341 e. The number of carboxylic acids is 1. The number of ketones is 1. The van der Waals surface area contributed by atoms with Gasteiger partial charge in [0.15, 0.2) is 12.4 Å². The summed E-state index contributed by atoms with van der Waals surface area (Å²) in [5.41, 5.74) is 2.31. The zero-order chi connectivity index (χ0) is 18.0. The van der Waals surface area contributed by atoms with E-state index >= 15 is 0 Å². The largest absolute Gasteiger partial charge is 0.488 e. The average molecular weight is 340 g/mol. The van der Waals surface area contributed by atoms with Crippen LogP contribution in [-0.4, -0.2) is 29.4 Å². The first-order chi connectivity index (χ1) is 12.0. The van der Waals surface area contributed by atoms with Crippen LogP contribution in [0.4, 0.5) is 0 Å². The number of hydrogen-bond donors (Lipinski definition) is 1. The highest BCUT2D eigenvalue weighted by atomic mass is 16.5. The van der Waals surface area contributed by atoms with Gasteiger partial charge in [-0.25, -0.2) is 4.79 Å². The van der Waals surface area contributed by atoms with Crippen molar-refractivity contribution in [3.05, 3.63) is 64.7 Å². The molecule has 0 aromatic heterocycles. The summed E-state index contributed by atoms with van der Waals surface area (Å²) in [5.74, 6) is -2.30. The Balaban J connectivity index is 1.91. The number of carboxylic acid groups (broad SMARTS) is 1. The van der Waals surface area contributed by atoms with E-state index in [1.165, 1.54) is 0 Å². The van der Waals surface area contributed by atoms with Crippen LogP contribution < -0.4 is 4.74 Å². The minimum atomic E-state index is -1.22. The van der Waals surface area contributed by atoms with Crippen molar-refractivity contribution in [1.82, 2.24) is 0 Å². The van der Waals surface area contributed by atoms with Crippen molar-refractivity contribution in [1.29, 1.82) is 0 Å². The lowest BCUT2D eigenvalue weighted by molar-refractivity contribution is -0.155. The van der Waals surface area contributed by atoms with Crippen LogP contribution in [0, 0.1) is 0 Å². The van der Waals surface area contributed by atoms with Gasteiger partial charge < -0.3 is 14.6 Å². The van der Waals surface area contributed by atoms with Gasteiger partial charge in [0.25, 0.3) is 0 Å². The van der Waals surface area contributed by atoms with Crippen LogP contribution in [0.5, 0.6) is 5.75 Å². The summed E-state index contributed by atoms with van der Waals surface area (Å²) in [6, 6.07) is 12.1. The minimum absolute atomic E-state index is 0.170. The van der Waals surface area contributed by atoms with E-state index in [-0.39, 0.29) is 5.78 Å². The van der Waals surface area contributed by atoms with Crippen molar-refractivity contribution in [3.63, 3.8) is 0 Å². The first-order valence-corrected chi connectivity index (χ1v) is 7.75. The van der Waals surface area contributed by atoms with E-state index in [4.69, 9.17) is 14.6 Å². The Bertz CT molecular complexity index is 855. The van der Waals surface area contributed by atoms with Crippen molar-refractivity contribution in [2.24, 2.45) is 0 Å². The second-order valence-corrected chi connectivity index (χ2v) is 5.75. The van der Waals surface area contributed by atoms with Gasteiger partial charge in [0.1, 0.15) is 12.4 Å². The predicted molar refractivity (Wildman–Crippen MR) is 87.7 cm³/mol. The number of carbonyl (C=O) groups excluding carboxylic acids is 2. The Kier molecular flexibility index (Phi) is 4.52. The first kappa shape index (κ1) is 16.7. The van der Waals surface area contributed by atoms with Crippen LogP contribution in [0.2, 0.25) is 0 Å². The van der Waals surface area contributed by atoms with Gasteiger partial charge in [-0.15, -0.1) is 0 Å². The quantitative estimate of drug-likeness (QED) is 0.860. The first-order valence-electron chi connectivity index (χ1n) is 7.75. The minimum Gasteiger partial charge on any atom is -0.488 e. The van der Waals surface area contributed by atoms with Crippen molar-refractivity contribution in [2.75, 3.05) is 6.61 Å². The lowest BCUT2D eigenvalue weighted by atomic mass is 9.94. The summed E-state index contributed by atoms with van der Waals surface area (Å²) >= 11 is 0. The molecule has 0 radical (unpaired) electrons. The van der Waals surface area contributed by atoms with E-state index in [9.17, 15) is 14.4 Å². The Hall–Kier alpha value is -3.15. The highest BCUT2D eigenvalue weighted by Gasteiger charge is 2.25. The fraction of sp³-hybridized carbons (Fsp3) is 0.211. The molecule has 1 aliphatic rings. The molecule has 0 spiro atoms. The lowest BCUT2D eigenvalue weighted by Gasteiger charge is -2.13. The average Bonchev–Trinajstić information content (AvgIpc) is 2.76.